The summed E-state index contributed by atoms with van der Waals surface area (Å²) < 4.78 is 6.74. The largest absolute Gasteiger partial charge is 0.382 e. The number of amides is 2. The highest BCUT2D eigenvalue weighted by Crippen LogP contribution is 2.27. The predicted octanol–water partition coefficient (Wildman–Crippen LogP) is 3.71. The topological polar surface area (TPSA) is 126 Å². The second-order valence-corrected chi connectivity index (χ2v) is 9.01. The first-order chi connectivity index (χ1) is 16.7. The number of nitrogens with zero attached hydrogens (tertiary/aromatic N) is 3. The molecule has 3 rings (SSSR count). The number of benzene rings is 1. The van der Waals surface area contributed by atoms with Crippen molar-refractivity contribution in [3.05, 3.63) is 65.3 Å². The number of carbonyl (C=O) groups is 3. The number of nitriles is 1. The van der Waals surface area contributed by atoms with E-state index in [9.17, 15) is 19.6 Å². The summed E-state index contributed by atoms with van der Waals surface area (Å²) in [5.74, 6) is -0.966. The molecule has 2 aromatic heterocycles. The number of carbonyl (C=O) groups excluding carboxylic acids is 3. The van der Waals surface area contributed by atoms with Crippen LogP contribution in [0, 0.1) is 11.3 Å². The minimum atomic E-state index is -0.972. The van der Waals surface area contributed by atoms with Crippen LogP contribution in [-0.4, -0.2) is 47.4 Å². The fraction of sp³-hybridized carbons (Fsp3) is 0.240. The average Bonchev–Trinajstić information content (AvgIpc) is 3.54. The number of aromatic nitrogens is 2. The molecule has 0 aliphatic heterocycles. The van der Waals surface area contributed by atoms with Crippen molar-refractivity contribution >= 4 is 40.6 Å². The minimum Gasteiger partial charge on any atom is -0.382 e. The minimum absolute atomic E-state index is 0.0497. The standard InChI is InChI=1S/C25H25N5O4S/c1-5-16-6-7-17(10-19(16)12-31)21-14-35-24(28-21)29-23(33)20(13-34-4)27-22(32)18-8-9-30(11-18)25(2,3)15-26/h5-12,14,20H,1,13H2,2-4H3,(H,27,32)(H,28,29,33)/t20-/m0/s1. The van der Waals surface area contributed by atoms with E-state index in [1.54, 1.807) is 60.5 Å². The average molecular weight is 492 g/mol. The quantitative estimate of drug-likeness (QED) is 0.417. The van der Waals surface area contributed by atoms with Crippen LogP contribution in [0.25, 0.3) is 17.3 Å². The van der Waals surface area contributed by atoms with E-state index in [0.717, 1.165) is 17.4 Å². The van der Waals surface area contributed by atoms with Gasteiger partial charge in [0.25, 0.3) is 11.8 Å². The molecular formula is C25H25N5O4S. The van der Waals surface area contributed by atoms with Crippen molar-refractivity contribution in [3.8, 4) is 17.3 Å². The first-order valence-electron chi connectivity index (χ1n) is 10.6. The highest BCUT2D eigenvalue weighted by Gasteiger charge is 2.25. The molecule has 0 spiro atoms. The lowest BCUT2D eigenvalue weighted by Crippen LogP contribution is -2.46. The Morgan fingerprint density at radius 1 is 1.34 bits per heavy atom. The van der Waals surface area contributed by atoms with Gasteiger partial charge in [-0.05, 0) is 31.5 Å². The number of nitrogens with one attached hydrogen (secondary N) is 2. The molecule has 2 heterocycles. The van der Waals surface area contributed by atoms with Crippen LogP contribution >= 0.6 is 11.3 Å². The SMILES string of the molecule is C=Cc1ccc(-c2csc(NC(=O)[C@H](COC)NC(=O)c3ccn(C(C)(C)C#N)c3)n2)cc1C=O. The van der Waals surface area contributed by atoms with Crippen molar-refractivity contribution in [1.82, 2.24) is 14.9 Å². The Kier molecular flexibility index (Phi) is 7.96. The van der Waals surface area contributed by atoms with Crippen molar-refractivity contribution < 1.29 is 19.1 Å². The summed E-state index contributed by atoms with van der Waals surface area (Å²) in [6.45, 7) is 7.10. The molecule has 180 valence electrons. The highest BCUT2D eigenvalue weighted by molar-refractivity contribution is 7.14. The lowest BCUT2D eigenvalue weighted by atomic mass is 10.0. The fourth-order valence-electron chi connectivity index (χ4n) is 3.21. The van der Waals surface area contributed by atoms with Crippen molar-refractivity contribution in [2.75, 3.05) is 19.0 Å². The van der Waals surface area contributed by atoms with Crippen LogP contribution < -0.4 is 10.6 Å². The van der Waals surface area contributed by atoms with Gasteiger partial charge in [-0.3, -0.25) is 14.4 Å². The molecule has 2 amide bonds. The van der Waals surface area contributed by atoms with Gasteiger partial charge < -0.3 is 19.9 Å². The second kappa shape index (κ2) is 10.9. The van der Waals surface area contributed by atoms with E-state index in [1.807, 2.05) is 6.07 Å². The third-order valence-electron chi connectivity index (χ3n) is 5.29. The summed E-state index contributed by atoms with van der Waals surface area (Å²) in [5, 5.41) is 16.7. The summed E-state index contributed by atoms with van der Waals surface area (Å²) in [6, 6.07) is 8.07. The lowest BCUT2D eigenvalue weighted by molar-refractivity contribution is -0.119. The number of methoxy groups -OCH3 is 1. The van der Waals surface area contributed by atoms with Crippen molar-refractivity contribution in [3.63, 3.8) is 0 Å². The van der Waals surface area contributed by atoms with Gasteiger partial charge in [0.2, 0.25) is 0 Å². The zero-order valence-electron chi connectivity index (χ0n) is 19.6. The Labute approximate surface area is 207 Å². The van der Waals surface area contributed by atoms with Gasteiger partial charge in [0.1, 0.15) is 11.6 Å². The van der Waals surface area contributed by atoms with E-state index in [1.165, 1.54) is 18.4 Å². The van der Waals surface area contributed by atoms with Crippen LogP contribution in [0.4, 0.5) is 5.13 Å². The number of thiazole rings is 1. The summed E-state index contributed by atoms with van der Waals surface area (Å²) in [7, 11) is 1.43. The number of aldehydes is 1. The van der Waals surface area contributed by atoms with Gasteiger partial charge in [-0.15, -0.1) is 11.3 Å². The van der Waals surface area contributed by atoms with Gasteiger partial charge in [-0.25, -0.2) is 4.98 Å². The molecule has 0 aliphatic carbocycles. The van der Waals surface area contributed by atoms with E-state index in [2.05, 4.69) is 28.3 Å². The number of hydrogen-bond acceptors (Lipinski definition) is 7. The first-order valence-corrected chi connectivity index (χ1v) is 11.5. The fourth-order valence-corrected chi connectivity index (χ4v) is 3.93. The normalized spacial score (nSPS) is 11.8. The van der Waals surface area contributed by atoms with E-state index in [0.29, 0.717) is 22.0 Å². The van der Waals surface area contributed by atoms with E-state index >= 15 is 0 Å². The molecule has 0 saturated heterocycles. The summed E-state index contributed by atoms with van der Waals surface area (Å²) in [6.07, 6.45) is 5.55. The Balaban J connectivity index is 1.71. The van der Waals surface area contributed by atoms with Crippen LogP contribution in [0.3, 0.4) is 0 Å². The Bertz CT molecular complexity index is 1300. The van der Waals surface area contributed by atoms with Crippen LogP contribution in [0.2, 0.25) is 0 Å². The molecular weight excluding hydrogens is 466 g/mol. The van der Waals surface area contributed by atoms with Gasteiger partial charge in [0.05, 0.1) is 23.9 Å². The maximum atomic E-state index is 12.9. The van der Waals surface area contributed by atoms with Crippen LogP contribution in [0.1, 0.15) is 40.1 Å². The third-order valence-corrected chi connectivity index (χ3v) is 6.05. The summed E-state index contributed by atoms with van der Waals surface area (Å²) >= 11 is 1.22. The van der Waals surface area contributed by atoms with Crippen LogP contribution in [0.5, 0.6) is 0 Å². The molecule has 10 heteroatoms. The van der Waals surface area contributed by atoms with Gasteiger partial charge in [-0.1, -0.05) is 24.8 Å². The predicted molar refractivity (Wildman–Crippen MR) is 134 cm³/mol. The van der Waals surface area contributed by atoms with Gasteiger partial charge >= 0.3 is 0 Å². The molecule has 0 bridgehead atoms. The number of hydrogen-bond donors (Lipinski definition) is 2. The zero-order chi connectivity index (χ0) is 25.6. The molecule has 0 unspecified atom stereocenters. The molecule has 1 aromatic carbocycles. The maximum absolute atomic E-state index is 12.9. The maximum Gasteiger partial charge on any atom is 0.253 e. The zero-order valence-corrected chi connectivity index (χ0v) is 20.4. The van der Waals surface area contributed by atoms with E-state index < -0.39 is 23.4 Å². The second-order valence-electron chi connectivity index (χ2n) is 8.15. The summed E-state index contributed by atoms with van der Waals surface area (Å²) in [4.78, 5) is 41.3. The third kappa shape index (κ3) is 5.90. The van der Waals surface area contributed by atoms with Crippen LogP contribution in [-0.2, 0) is 15.1 Å². The molecule has 0 radical (unpaired) electrons. The Hall–Kier alpha value is -4.07. The molecule has 2 N–H and O–H groups in total. The molecule has 35 heavy (non-hydrogen) atoms. The smallest absolute Gasteiger partial charge is 0.253 e. The van der Waals surface area contributed by atoms with E-state index in [4.69, 9.17) is 4.74 Å². The first kappa shape index (κ1) is 25.6. The number of ether oxygens (including phenoxy) is 1. The monoisotopic (exact) mass is 491 g/mol. The van der Waals surface area contributed by atoms with Crippen LogP contribution in [0.15, 0.2) is 48.6 Å². The van der Waals surface area contributed by atoms with Crippen molar-refractivity contribution in [1.29, 1.82) is 5.26 Å². The molecule has 0 aliphatic rings. The number of rotatable bonds is 10. The Morgan fingerprint density at radius 3 is 2.77 bits per heavy atom. The van der Waals surface area contributed by atoms with Crippen molar-refractivity contribution in [2.45, 2.75) is 25.4 Å². The molecule has 0 fully saturated rings. The molecule has 3 aromatic rings. The number of anilines is 1. The van der Waals surface area contributed by atoms with Gasteiger partial charge in [0, 0.05) is 36.0 Å². The van der Waals surface area contributed by atoms with E-state index in [-0.39, 0.29) is 6.61 Å². The van der Waals surface area contributed by atoms with Gasteiger partial charge in [0.15, 0.2) is 11.4 Å². The Morgan fingerprint density at radius 2 is 2.11 bits per heavy atom. The van der Waals surface area contributed by atoms with Gasteiger partial charge in [-0.2, -0.15) is 5.26 Å². The summed E-state index contributed by atoms with van der Waals surface area (Å²) in [5.41, 5.74) is 2.03. The molecule has 9 nitrogen and oxygen atoms in total. The van der Waals surface area contributed by atoms with Crippen molar-refractivity contribution in [2.24, 2.45) is 0 Å². The highest BCUT2D eigenvalue weighted by atomic mass is 32.1. The molecule has 1 atom stereocenters. The lowest BCUT2D eigenvalue weighted by Gasteiger charge is -2.18. The molecule has 0 saturated carbocycles.